The number of carbonyl (C=O) groups is 3. The minimum atomic E-state index is -5.18. The minimum Gasteiger partial charge on any atom is -0.465 e. The molecule has 2 N–H and O–H groups in total. The third-order valence-electron chi connectivity index (χ3n) is 5.27. The molecule has 1 aliphatic heterocycles. The van der Waals surface area contributed by atoms with Crippen LogP contribution >= 0.6 is 11.6 Å². The van der Waals surface area contributed by atoms with E-state index in [0.717, 1.165) is 6.07 Å². The molecule has 1 aliphatic rings. The average Bonchev–Trinajstić information content (AvgIpc) is 2.74. The van der Waals surface area contributed by atoms with Crippen molar-refractivity contribution in [2.24, 2.45) is 0 Å². The summed E-state index contributed by atoms with van der Waals surface area (Å²) >= 11 is 6.11. The summed E-state index contributed by atoms with van der Waals surface area (Å²) in [5.74, 6) is -4.69. The number of methoxy groups -OCH3 is 1. The van der Waals surface area contributed by atoms with Gasteiger partial charge in [0.25, 0.3) is 5.91 Å². The van der Waals surface area contributed by atoms with Gasteiger partial charge in [0.05, 0.1) is 37.0 Å². The third-order valence-corrected chi connectivity index (χ3v) is 5.59. The SMILES string of the molecule is COC(=O)c1c(Cl)cccc1-c1ccc([C@@H](C)NC(=O)C2(NC(=O)C(F)(F)F)COC2)c(F)c1. The first-order chi connectivity index (χ1) is 15.9. The fraction of sp³-hybridized carbons (Fsp3) is 0.318. The molecule has 0 aromatic heterocycles. The molecule has 0 radical (unpaired) electrons. The summed E-state index contributed by atoms with van der Waals surface area (Å²) in [7, 11) is 1.18. The molecule has 2 amide bonds. The number of esters is 1. The van der Waals surface area contributed by atoms with Gasteiger partial charge in [-0.3, -0.25) is 9.59 Å². The Labute approximate surface area is 196 Å². The molecule has 2 aromatic carbocycles. The van der Waals surface area contributed by atoms with Crippen LogP contribution in [0.2, 0.25) is 5.02 Å². The van der Waals surface area contributed by atoms with Gasteiger partial charge in [-0.2, -0.15) is 13.2 Å². The number of ether oxygens (including phenoxy) is 2. The van der Waals surface area contributed by atoms with Gasteiger partial charge in [0.15, 0.2) is 5.54 Å². The van der Waals surface area contributed by atoms with Crippen molar-refractivity contribution >= 4 is 29.4 Å². The van der Waals surface area contributed by atoms with Crippen molar-refractivity contribution in [1.82, 2.24) is 10.6 Å². The molecule has 12 heteroatoms. The number of hydrogen-bond donors (Lipinski definition) is 2. The van der Waals surface area contributed by atoms with E-state index >= 15 is 0 Å². The smallest absolute Gasteiger partial charge is 0.465 e. The zero-order valence-electron chi connectivity index (χ0n) is 17.9. The third kappa shape index (κ3) is 5.00. The Hall–Kier alpha value is -3.18. The van der Waals surface area contributed by atoms with E-state index < -0.39 is 54.6 Å². The lowest BCUT2D eigenvalue weighted by molar-refractivity contribution is -0.184. The first kappa shape index (κ1) is 25.4. The molecule has 34 heavy (non-hydrogen) atoms. The van der Waals surface area contributed by atoms with Crippen molar-refractivity contribution in [1.29, 1.82) is 0 Å². The first-order valence-corrected chi connectivity index (χ1v) is 10.2. The number of rotatable bonds is 6. The highest BCUT2D eigenvalue weighted by molar-refractivity contribution is 6.34. The Bertz CT molecular complexity index is 1130. The summed E-state index contributed by atoms with van der Waals surface area (Å²) in [6.45, 7) is 0.508. The fourth-order valence-electron chi connectivity index (χ4n) is 3.39. The topological polar surface area (TPSA) is 93.7 Å². The second-order valence-corrected chi connectivity index (χ2v) is 8.02. The molecule has 1 saturated heterocycles. The average molecular weight is 503 g/mol. The maximum absolute atomic E-state index is 15.0. The van der Waals surface area contributed by atoms with Crippen molar-refractivity contribution in [3.05, 3.63) is 58.4 Å². The number of alkyl halides is 3. The fourth-order valence-corrected chi connectivity index (χ4v) is 3.64. The summed E-state index contributed by atoms with van der Waals surface area (Å²) in [6.07, 6.45) is -5.18. The Morgan fingerprint density at radius 3 is 2.38 bits per heavy atom. The van der Waals surface area contributed by atoms with Gasteiger partial charge in [-0.05, 0) is 30.2 Å². The van der Waals surface area contributed by atoms with E-state index in [9.17, 15) is 31.9 Å². The summed E-state index contributed by atoms with van der Waals surface area (Å²) in [4.78, 5) is 36.0. The van der Waals surface area contributed by atoms with Gasteiger partial charge < -0.3 is 20.1 Å². The minimum absolute atomic E-state index is 0.0243. The molecule has 1 atom stereocenters. The molecule has 2 aromatic rings. The van der Waals surface area contributed by atoms with E-state index in [0.29, 0.717) is 11.1 Å². The molecule has 0 saturated carbocycles. The lowest BCUT2D eigenvalue weighted by atomic mass is 9.94. The quantitative estimate of drug-likeness (QED) is 0.465. The van der Waals surface area contributed by atoms with E-state index in [4.69, 9.17) is 21.1 Å². The second-order valence-electron chi connectivity index (χ2n) is 7.61. The van der Waals surface area contributed by atoms with Gasteiger partial charge in [-0.15, -0.1) is 0 Å². The predicted octanol–water partition coefficient (Wildman–Crippen LogP) is 3.56. The van der Waals surface area contributed by atoms with Crippen LogP contribution in [0, 0.1) is 5.82 Å². The summed E-state index contributed by atoms with van der Waals surface area (Å²) in [5, 5.41) is 4.17. The molecule has 182 valence electrons. The monoisotopic (exact) mass is 502 g/mol. The molecule has 0 aliphatic carbocycles. The highest BCUT2D eigenvalue weighted by Crippen LogP contribution is 2.32. The Balaban J connectivity index is 1.82. The summed E-state index contributed by atoms with van der Waals surface area (Å²) < 4.78 is 62.4. The molecule has 3 rings (SSSR count). The Kier molecular flexibility index (Phi) is 7.18. The van der Waals surface area contributed by atoms with Gasteiger partial charge in [0.2, 0.25) is 0 Å². The van der Waals surface area contributed by atoms with Crippen LogP contribution in [0.25, 0.3) is 11.1 Å². The van der Waals surface area contributed by atoms with Crippen molar-refractivity contribution in [2.75, 3.05) is 20.3 Å². The van der Waals surface area contributed by atoms with Crippen molar-refractivity contribution in [2.45, 2.75) is 24.7 Å². The van der Waals surface area contributed by atoms with Crippen LogP contribution in [0.1, 0.15) is 28.9 Å². The van der Waals surface area contributed by atoms with E-state index in [-0.39, 0.29) is 16.1 Å². The second kappa shape index (κ2) is 9.59. The van der Waals surface area contributed by atoms with Crippen LogP contribution in [0.3, 0.4) is 0 Å². The van der Waals surface area contributed by atoms with Gasteiger partial charge in [-0.1, -0.05) is 35.9 Å². The molecule has 0 bridgehead atoms. The van der Waals surface area contributed by atoms with E-state index in [1.807, 2.05) is 0 Å². The van der Waals surface area contributed by atoms with Gasteiger partial charge >= 0.3 is 18.1 Å². The Morgan fingerprint density at radius 2 is 1.85 bits per heavy atom. The van der Waals surface area contributed by atoms with Crippen LogP contribution in [-0.2, 0) is 19.1 Å². The van der Waals surface area contributed by atoms with Crippen LogP contribution in [0.15, 0.2) is 36.4 Å². The largest absolute Gasteiger partial charge is 0.471 e. The first-order valence-electron chi connectivity index (χ1n) is 9.84. The lowest BCUT2D eigenvalue weighted by Crippen LogP contribution is -2.71. The van der Waals surface area contributed by atoms with E-state index in [2.05, 4.69) is 5.32 Å². The highest BCUT2D eigenvalue weighted by Gasteiger charge is 2.52. The maximum Gasteiger partial charge on any atom is 0.471 e. The number of hydrogen-bond acceptors (Lipinski definition) is 5. The number of carbonyl (C=O) groups excluding carboxylic acids is 3. The van der Waals surface area contributed by atoms with Crippen molar-refractivity contribution in [3.63, 3.8) is 0 Å². The van der Waals surface area contributed by atoms with Gasteiger partial charge in [-0.25, -0.2) is 9.18 Å². The standard InChI is InChI=1S/C22H19ClF4N2O5/c1-11(28-19(31)21(9-34-10-21)29-20(32)22(25,26)27)13-7-6-12(8-16(13)24)14-4-3-5-15(23)17(14)18(30)33-2/h3-8,11H,9-10H2,1-2H3,(H,28,31)(H,29,32)/t11-/m1/s1. The number of nitrogens with one attached hydrogen (secondary N) is 2. The van der Waals surface area contributed by atoms with Crippen LogP contribution in [0.4, 0.5) is 17.6 Å². The zero-order chi connectivity index (χ0) is 25.3. The van der Waals surface area contributed by atoms with E-state index in [1.165, 1.54) is 32.2 Å². The molecule has 1 fully saturated rings. The van der Waals surface area contributed by atoms with Crippen molar-refractivity contribution < 1.29 is 41.4 Å². The zero-order valence-corrected chi connectivity index (χ0v) is 18.6. The van der Waals surface area contributed by atoms with Crippen LogP contribution in [0.5, 0.6) is 0 Å². The molecular weight excluding hydrogens is 484 g/mol. The lowest BCUT2D eigenvalue weighted by Gasteiger charge is -2.41. The molecule has 7 nitrogen and oxygen atoms in total. The normalized spacial score (nSPS) is 15.6. The molecular formula is C22H19ClF4N2O5. The number of halogens is 5. The highest BCUT2D eigenvalue weighted by atomic mass is 35.5. The molecule has 0 unspecified atom stereocenters. The summed E-state index contributed by atoms with van der Waals surface area (Å²) in [6, 6.07) is 7.63. The molecule has 0 spiro atoms. The summed E-state index contributed by atoms with van der Waals surface area (Å²) in [5.41, 5.74) is -1.21. The van der Waals surface area contributed by atoms with Crippen LogP contribution in [-0.4, -0.2) is 49.8 Å². The number of amides is 2. The van der Waals surface area contributed by atoms with Crippen molar-refractivity contribution in [3.8, 4) is 11.1 Å². The number of benzene rings is 2. The maximum atomic E-state index is 15.0. The predicted molar refractivity (Wildman–Crippen MR) is 112 cm³/mol. The van der Waals surface area contributed by atoms with E-state index in [1.54, 1.807) is 17.4 Å². The van der Waals surface area contributed by atoms with Gasteiger partial charge in [0.1, 0.15) is 5.82 Å². The van der Waals surface area contributed by atoms with Crippen LogP contribution < -0.4 is 10.6 Å². The Morgan fingerprint density at radius 1 is 1.18 bits per heavy atom. The van der Waals surface area contributed by atoms with Gasteiger partial charge in [0, 0.05) is 5.56 Å². The molecule has 1 heterocycles.